The van der Waals surface area contributed by atoms with Gasteiger partial charge in [-0.05, 0) is 12.1 Å². The lowest BCUT2D eigenvalue weighted by Gasteiger charge is -2.35. The third-order valence-electron chi connectivity index (χ3n) is 4.83. The number of hydrogen-bond donors (Lipinski definition) is 1. The second kappa shape index (κ2) is 8.24. The van der Waals surface area contributed by atoms with Crippen LogP contribution in [0.25, 0.3) is 22.6 Å². The van der Waals surface area contributed by atoms with Gasteiger partial charge in [-0.1, -0.05) is 30.3 Å². The maximum atomic E-state index is 9.15. The first kappa shape index (κ1) is 17.6. The Balaban J connectivity index is 1.69. The number of nitrogens with zero attached hydrogens (tertiary/aromatic N) is 5. The van der Waals surface area contributed by atoms with E-state index in [-0.39, 0.29) is 6.61 Å². The van der Waals surface area contributed by atoms with E-state index in [1.54, 1.807) is 12.4 Å². The number of aliphatic hydroxyl groups excluding tert-OH is 1. The van der Waals surface area contributed by atoms with E-state index >= 15 is 0 Å². The van der Waals surface area contributed by atoms with Gasteiger partial charge in [0.1, 0.15) is 5.82 Å². The Labute approximate surface area is 159 Å². The minimum absolute atomic E-state index is 0.206. The molecule has 0 atom stereocenters. The molecule has 0 radical (unpaired) electrons. The number of benzene rings is 1. The van der Waals surface area contributed by atoms with Crippen LogP contribution in [0.3, 0.4) is 0 Å². The number of β-amino-alcohol motifs (C(OH)–C–C–N with tert-alkyl or cyclic N) is 1. The summed E-state index contributed by atoms with van der Waals surface area (Å²) in [6, 6.07) is 16.1. The molecule has 138 valence electrons. The first-order valence-electron chi connectivity index (χ1n) is 9.26. The van der Waals surface area contributed by atoms with E-state index < -0.39 is 0 Å². The summed E-state index contributed by atoms with van der Waals surface area (Å²) < 4.78 is 0. The summed E-state index contributed by atoms with van der Waals surface area (Å²) in [4.78, 5) is 18.3. The highest BCUT2D eigenvalue weighted by atomic mass is 16.3. The zero-order chi connectivity index (χ0) is 18.5. The second-order valence-corrected chi connectivity index (χ2v) is 6.59. The molecule has 0 bridgehead atoms. The SMILES string of the molecule is OCCN1CCN(c2cc(-c3ccncc3)nc(-c3ccccc3)n2)CC1. The maximum Gasteiger partial charge on any atom is 0.162 e. The average molecular weight is 361 g/mol. The van der Waals surface area contributed by atoms with Crippen molar-refractivity contribution in [2.24, 2.45) is 0 Å². The standard InChI is InChI=1S/C21H23N5O/c27-15-14-25-10-12-26(13-11-25)20-16-19(17-6-8-22-9-7-17)23-21(24-20)18-4-2-1-3-5-18/h1-9,16,27H,10-15H2. The first-order valence-corrected chi connectivity index (χ1v) is 9.26. The summed E-state index contributed by atoms with van der Waals surface area (Å²) in [5, 5.41) is 9.15. The Morgan fingerprint density at radius 3 is 2.30 bits per heavy atom. The van der Waals surface area contributed by atoms with Crippen molar-refractivity contribution >= 4 is 5.82 Å². The highest BCUT2D eigenvalue weighted by Crippen LogP contribution is 2.26. The normalized spacial score (nSPS) is 15.1. The minimum atomic E-state index is 0.206. The van der Waals surface area contributed by atoms with Gasteiger partial charge in [0, 0.05) is 62.3 Å². The first-order chi connectivity index (χ1) is 13.3. The molecule has 1 N–H and O–H groups in total. The van der Waals surface area contributed by atoms with E-state index in [1.807, 2.05) is 42.5 Å². The smallest absolute Gasteiger partial charge is 0.162 e. The van der Waals surface area contributed by atoms with Crippen molar-refractivity contribution < 1.29 is 5.11 Å². The topological polar surface area (TPSA) is 65.4 Å². The van der Waals surface area contributed by atoms with Crippen LogP contribution in [0.4, 0.5) is 5.82 Å². The minimum Gasteiger partial charge on any atom is -0.395 e. The van der Waals surface area contributed by atoms with Crippen LogP contribution in [0, 0.1) is 0 Å². The van der Waals surface area contributed by atoms with Crippen LogP contribution in [-0.2, 0) is 0 Å². The maximum absolute atomic E-state index is 9.15. The molecular weight excluding hydrogens is 338 g/mol. The van der Waals surface area contributed by atoms with Crippen LogP contribution in [0.1, 0.15) is 0 Å². The van der Waals surface area contributed by atoms with E-state index in [0.717, 1.165) is 61.2 Å². The van der Waals surface area contributed by atoms with Crippen molar-refractivity contribution in [3.63, 3.8) is 0 Å². The summed E-state index contributed by atoms with van der Waals surface area (Å²) in [5.41, 5.74) is 2.94. The van der Waals surface area contributed by atoms with Gasteiger partial charge in [0.2, 0.25) is 0 Å². The number of anilines is 1. The predicted octanol–water partition coefficient (Wildman–Crippen LogP) is 2.32. The van der Waals surface area contributed by atoms with Gasteiger partial charge in [0.25, 0.3) is 0 Å². The number of aromatic nitrogens is 3. The third kappa shape index (κ3) is 4.13. The average Bonchev–Trinajstić information content (AvgIpc) is 2.75. The molecule has 6 heteroatoms. The fourth-order valence-corrected chi connectivity index (χ4v) is 3.33. The number of rotatable bonds is 5. The lowest BCUT2D eigenvalue weighted by Crippen LogP contribution is -2.47. The quantitative estimate of drug-likeness (QED) is 0.752. The number of hydrogen-bond acceptors (Lipinski definition) is 6. The molecule has 6 nitrogen and oxygen atoms in total. The van der Waals surface area contributed by atoms with E-state index in [0.29, 0.717) is 0 Å². The van der Waals surface area contributed by atoms with Crippen LogP contribution in [0.15, 0.2) is 60.9 Å². The van der Waals surface area contributed by atoms with Crippen molar-refractivity contribution in [3.8, 4) is 22.6 Å². The molecule has 1 fully saturated rings. The molecule has 1 saturated heterocycles. The van der Waals surface area contributed by atoms with Gasteiger partial charge in [0.05, 0.1) is 12.3 Å². The number of piperazine rings is 1. The Morgan fingerprint density at radius 2 is 1.59 bits per heavy atom. The molecule has 0 aliphatic carbocycles. The fourth-order valence-electron chi connectivity index (χ4n) is 3.33. The van der Waals surface area contributed by atoms with Gasteiger partial charge in [0.15, 0.2) is 5.82 Å². The summed E-state index contributed by atoms with van der Waals surface area (Å²) in [6.45, 7) is 4.57. The monoisotopic (exact) mass is 361 g/mol. The van der Waals surface area contributed by atoms with Gasteiger partial charge in [-0.15, -0.1) is 0 Å². The van der Waals surface area contributed by atoms with Crippen molar-refractivity contribution in [2.45, 2.75) is 0 Å². The Morgan fingerprint density at radius 1 is 0.852 bits per heavy atom. The zero-order valence-corrected chi connectivity index (χ0v) is 15.2. The summed E-state index contributed by atoms with van der Waals surface area (Å²) in [7, 11) is 0. The van der Waals surface area contributed by atoms with Gasteiger partial charge < -0.3 is 10.0 Å². The van der Waals surface area contributed by atoms with Gasteiger partial charge in [-0.3, -0.25) is 9.88 Å². The molecule has 1 aliphatic rings. The van der Waals surface area contributed by atoms with Gasteiger partial charge in [-0.25, -0.2) is 9.97 Å². The fraction of sp³-hybridized carbons (Fsp3) is 0.286. The van der Waals surface area contributed by atoms with E-state index in [1.165, 1.54) is 0 Å². The highest BCUT2D eigenvalue weighted by molar-refractivity contribution is 5.67. The summed E-state index contributed by atoms with van der Waals surface area (Å²) >= 11 is 0. The van der Waals surface area contributed by atoms with Crippen molar-refractivity contribution in [2.75, 3.05) is 44.2 Å². The Hall–Kier alpha value is -2.83. The molecule has 27 heavy (non-hydrogen) atoms. The molecular formula is C21H23N5O. The predicted molar refractivity (Wildman–Crippen MR) is 106 cm³/mol. The molecule has 1 aromatic carbocycles. The molecule has 0 saturated carbocycles. The van der Waals surface area contributed by atoms with E-state index in [4.69, 9.17) is 15.1 Å². The lowest BCUT2D eigenvalue weighted by atomic mass is 10.1. The Bertz CT molecular complexity index is 807. The molecule has 4 rings (SSSR count). The van der Waals surface area contributed by atoms with E-state index in [9.17, 15) is 0 Å². The van der Waals surface area contributed by atoms with Crippen molar-refractivity contribution in [3.05, 3.63) is 60.9 Å². The number of pyridine rings is 1. The van der Waals surface area contributed by atoms with Gasteiger partial charge >= 0.3 is 0 Å². The van der Waals surface area contributed by atoms with Crippen LogP contribution in [0.2, 0.25) is 0 Å². The molecule has 3 aromatic rings. The molecule has 3 heterocycles. The van der Waals surface area contributed by atoms with Crippen molar-refractivity contribution in [1.82, 2.24) is 19.9 Å². The molecule has 0 amide bonds. The molecule has 1 aliphatic heterocycles. The second-order valence-electron chi connectivity index (χ2n) is 6.59. The largest absolute Gasteiger partial charge is 0.395 e. The molecule has 2 aromatic heterocycles. The molecule has 0 spiro atoms. The van der Waals surface area contributed by atoms with E-state index in [2.05, 4.69) is 20.9 Å². The molecule has 0 unspecified atom stereocenters. The van der Waals surface area contributed by atoms with Crippen molar-refractivity contribution in [1.29, 1.82) is 0 Å². The van der Waals surface area contributed by atoms with Crippen LogP contribution in [-0.4, -0.2) is 64.3 Å². The lowest BCUT2D eigenvalue weighted by molar-refractivity contribution is 0.188. The van der Waals surface area contributed by atoms with Crippen LogP contribution in [0.5, 0.6) is 0 Å². The van der Waals surface area contributed by atoms with Crippen LogP contribution >= 0.6 is 0 Å². The van der Waals surface area contributed by atoms with Gasteiger partial charge in [-0.2, -0.15) is 0 Å². The number of aliphatic hydroxyl groups is 1. The summed E-state index contributed by atoms with van der Waals surface area (Å²) in [5.74, 6) is 1.68. The highest BCUT2D eigenvalue weighted by Gasteiger charge is 2.19. The Kier molecular flexibility index (Phi) is 5.37. The zero-order valence-electron chi connectivity index (χ0n) is 15.2. The summed E-state index contributed by atoms with van der Waals surface area (Å²) in [6.07, 6.45) is 3.57. The third-order valence-corrected chi connectivity index (χ3v) is 4.83. The van der Waals surface area contributed by atoms with Crippen LogP contribution < -0.4 is 4.90 Å².